The Morgan fingerprint density at radius 2 is 2.05 bits per heavy atom. The number of benzene rings is 1. The first-order valence-corrected chi connectivity index (χ1v) is 7.95. The maximum Gasteiger partial charge on any atom is 0.233 e. The number of nitrogens with zero attached hydrogens (tertiary/aromatic N) is 1. The Balaban J connectivity index is 1.76. The van der Waals surface area contributed by atoms with Gasteiger partial charge in [-0.05, 0) is 24.5 Å². The van der Waals surface area contributed by atoms with E-state index in [2.05, 4.69) is 15.5 Å². The molecule has 0 spiro atoms. The summed E-state index contributed by atoms with van der Waals surface area (Å²) in [6, 6.07) is 6.16. The lowest BCUT2D eigenvalue weighted by molar-refractivity contribution is -0.122. The molecule has 0 atom stereocenters. The molecule has 0 bridgehead atoms. The number of hydrogen-bond acceptors (Lipinski definition) is 3. The molecule has 0 saturated carbocycles. The Labute approximate surface area is 135 Å². The van der Waals surface area contributed by atoms with Crippen LogP contribution in [0.1, 0.15) is 18.4 Å². The highest BCUT2D eigenvalue weighted by atomic mass is 35.5. The van der Waals surface area contributed by atoms with E-state index in [1.807, 2.05) is 12.1 Å². The number of nitrogens with one attached hydrogen (secondary N) is 2. The first kappa shape index (κ1) is 16.6. The Morgan fingerprint density at radius 3 is 2.71 bits per heavy atom. The zero-order chi connectivity index (χ0) is 15.2. The van der Waals surface area contributed by atoms with Gasteiger partial charge in [0.25, 0.3) is 0 Å². The molecule has 116 valence electrons. The smallest absolute Gasteiger partial charge is 0.233 e. The van der Waals surface area contributed by atoms with Crippen molar-refractivity contribution in [2.45, 2.75) is 25.4 Å². The van der Waals surface area contributed by atoms with E-state index in [-0.39, 0.29) is 5.91 Å². The van der Waals surface area contributed by atoms with Crippen molar-refractivity contribution in [3.63, 3.8) is 0 Å². The molecule has 21 heavy (non-hydrogen) atoms. The first-order chi connectivity index (χ1) is 10.1. The van der Waals surface area contributed by atoms with Gasteiger partial charge in [0.2, 0.25) is 5.91 Å². The fraction of sp³-hybridized carbons (Fsp3) is 0.533. The summed E-state index contributed by atoms with van der Waals surface area (Å²) in [6.45, 7) is 3.09. The minimum Gasteiger partial charge on any atom is -0.358 e. The summed E-state index contributed by atoms with van der Waals surface area (Å²) < 4.78 is 0. The molecule has 4 nitrogen and oxygen atoms in total. The van der Waals surface area contributed by atoms with E-state index in [9.17, 15) is 4.79 Å². The SMILES string of the molecule is CNC(=O)CN1CCC(NCc2cccc(Cl)c2Cl)CC1. The van der Waals surface area contributed by atoms with Crippen molar-refractivity contribution in [3.05, 3.63) is 33.8 Å². The van der Waals surface area contributed by atoms with Gasteiger partial charge in [-0.25, -0.2) is 0 Å². The number of carbonyl (C=O) groups excluding carboxylic acids is 1. The van der Waals surface area contributed by atoms with E-state index >= 15 is 0 Å². The van der Waals surface area contributed by atoms with Crippen LogP contribution in [0, 0.1) is 0 Å². The minimum atomic E-state index is 0.0760. The second kappa shape index (κ2) is 7.99. The molecule has 1 saturated heterocycles. The van der Waals surface area contributed by atoms with Crippen LogP contribution in [-0.4, -0.2) is 43.5 Å². The first-order valence-electron chi connectivity index (χ1n) is 7.19. The summed E-state index contributed by atoms with van der Waals surface area (Å²) in [6.07, 6.45) is 2.07. The quantitative estimate of drug-likeness (QED) is 0.871. The highest BCUT2D eigenvalue weighted by molar-refractivity contribution is 6.42. The zero-order valence-electron chi connectivity index (χ0n) is 12.2. The van der Waals surface area contributed by atoms with Gasteiger partial charge in [-0.3, -0.25) is 9.69 Å². The topological polar surface area (TPSA) is 44.4 Å². The molecule has 1 aromatic rings. The van der Waals surface area contributed by atoms with Crippen LogP contribution in [0.25, 0.3) is 0 Å². The van der Waals surface area contributed by atoms with Crippen LogP contribution in [0.15, 0.2) is 18.2 Å². The zero-order valence-corrected chi connectivity index (χ0v) is 13.7. The van der Waals surface area contributed by atoms with Crippen LogP contribution >= 0.6 is 23.2 Å². The monoisotopic (exact) mass is 329 g/mol. The Kier molecular flexibility index (Phi) is 6.30. The molecule has 0 unspecified atom stereocenters. The normalized spacial score (nSPS) is 16.9. The van der Waals surface area contributed by atoms with Gasteiger partial charge in [-0.1, -0.05) is 35.3 Å². The van der Waals surface area contributed by atoms with Gasteiger partial charge in [-0.2, -0.15) is 0 Å². The highest BCUT2D eigenvalue weighted by Gasteiger charge is 2.20. The molecule has 0 aromatic heterocycles. The average molecular weight is 330 g/mol. The van der Waals surface area contributed by atoms with Crippen molar-refractivity contribution in [1.82, 2.24) is 15.5 Å². The van der Waals surface area contributed by atoms with Gasteiger partial charge in [0.1, 0.15) is 0 Å². The molecule has 0 aliphatic carbocycles. The van der Waals surface area contributed by atoms with E-state index in [1.165, 1.54) is 0 Å². The summed E-state index contributed by atoms with van der Waals surface area (Å²) >= 11 is 12.2. The van der Waals surface area contributed by atoms with Crippen LogP contribution < -0.4 is 10.6 Å². The maximum atomic E-state index is 11.3. The van der Waals surface area contributed by atoms with E-state index in [0.717, 1.165) is 38.0 Å². The molecular weight excluding hydrogens is 309 g/mol. The lowest BCUT2D eigenvalue weighted by Gasteiger charge is -2.32. The van der Waals surface area contributed by atoms with E-state index in [4.69, 9.17) is 23.2 Å². The van der Waals surface area contributed by atoms with Crippen molar-refractivity contribution in [3.8, 4) is 0 Å². The number of rotatable bonds is 5. The lowest BCUT2D eigenvalue weighted by Crippen LogP contribution is -2.45. The molecule has 1 aliphatic rings. The standard InChI is InChI=1S/C15H21Cl2N3O/c1-18-14(21)10-20-7-5-12(6-8-20)19-9-11-3-2-4-13(16)15(11)17/h2-4,12,19H,5-10H2,1H3,(H,18,21). The molecule has 2 rings (SSSR count). The number of halogens is 2. The fourth-order valence-electron chi connectivity index (χ4n) is 2.52. The maximum absolute atomic E-state index is 11.3. The molecule has 1 heterocycles. The number of likely N-dealkylation sites (N-methyl/N-ethyl adjacent to an activating group) is 1. The van der Waals surface area contributed by atoms with Crippen molar-refractivity contribution in [1.29, 1.82) is 0 Å². The molecular formula is C15H21Cl2N3O. The summed E-state index contributed by atoms with van der Waals surface area (Å²) in [5, 5.41) is 7.40. The Bertz CT molecular complexity index is 488. The average Bonchev–Trinajstić information content (AvgIpc) is 2.50. The Hall–Kier alpha value is -0.810. The number of piperidine rings is 1. The predicted octanol–water partition coefficient (Wildman–Crippen LogP) is 2.29. The van der Waals surface area contributed by atoms with Crippen molar-refractivity contribution in [2.75, 3.05) is 26.7 Å². The third-order valence-corrected chi connectivity index (χ3v) is 4.70. The van der Waals surface area contributed by atoms with Crippen molar-refractivity contribution < 1.29 is 4.79 Å². The molecule has 1 amide bonds. The molecule has 2 N–H and O–H groups in total. The second-order valence-corrected chi connectivity index (χ2v) is 6.10. The fourth-order valence-corrected chi connectivity index (χ4v) is 2.90. The third-order valence-electron chi connectivity index (χ3n) is 3.85. The number of amides is 1. The van der Waals surface area contributed by atoms with Crippen molar-refractivity contribution >= 4 is 29.1 Å². The van der Waals surface area contributed by atoms with Gasteiger partial charge in [0.15, 0.2) is 0 Å². The molecule has 1 aromatic carbocycles. The van der Waals surface area contributed by atoms with Gasteiger partial charge >= 0.3 is 0 Å². The number of carbonyl (C=O) groups is 1. The van der Waals surface area contributed by atoms with E-state index in [0.29, 0.717) is 22.6 Å². The van der Waals surface area contributed by atoms with E-state index in [1.54, 1.807) is 13.1 Å². The van der Waals surface area contributed by atoms with Gasteiger partial charge < -0.3 is 10.6 Å². The van der Waals surface area contributed by atoms with Gasteiger partial charge in [-0.15, -0.1) is 0 Å². The second-order valence-electron chi connectivity index (χ2n) is 5.32. The lowest BCUT2D eigenvalue weighted by atomic mass is 10.0. The largest absolute Gasteiger partial charge is 0.358 e. The van der Waals surface area contributed by atoms with Crippen LogP contribution in [0.5, 0.6) is 0 Å². The summed E-state index contributed by atoms with van der Waals surface area (Å²) in [5.74, 6) is 0.0760. The summed E-state index contributed by atoms with van der Waals surface area (Å²) in [5.41, 5.74) is 1.02. The van der Waals surface area contributed by atoms with Gasteiger partial charge in [0.05, 0.1) is 16.6 Å². The molecule has 0 radical (unpaired) electrons. The molecule has 1 fully saturated rings. The third kappa shape index (κ3) is 4.85. The highest BCUT2D eigenvalue weighted by Crippen LogP contribution is 2.25. The van der Waals surface area contributed by atoms with Gasteiger partial charge in [0, 0.05) is 32.7 Å². The summed E-state index contributed by atoms with van der Waals surface area (Å²) in [4.78, 5) is 13.5. The Morgan fingerprint density at radius 1 is 1.33 bits per heavy atom. The number of hydrogen-bond donors (Lipinski definition) is 2. The number of likely N-dealkylation sites (tertiary alicyclic amines) is 1. The molecule has 1 aliphatic heterocycles. The van der Waals surface area contributed by atoms with Crippen molar-refractivity contribution in [2.24, 2.45) is 0 Å². The van der Waals surface area contributed by atoms with Crippen LogP contribution in [0.4, 0.5) is 0 Å². The van der Waals surface area contributed by atoms with Crippen LogP contribution in [0.2, 0.25) is 10.0 Å². The van der Waals surface area contributed by atoms with Crippen LogP contribution in [0.3, 0.4) is 0 Å². The van der Waals surface area contributed by atoms with E-state index < -0.39 is 0 Å². The minimum absolute atomic E-state index is 0.0760. The predicted molar refractivity (Wildman–Crippen MR) is 86.8 cm³/mol. The van der Waals surface area contributed by atoms with Crippen LogP contribution in [-0.2, 0) is 11.3 Å². The molecule has 6 heteroatoms. The summed E-state index contributed by atoms with van der Waals surface area (Å²) in [7, 11) is 1.67.